The monoisotopic (exact) mass is 482 g/mol. The Hall–Kier alpha value is -3.60. The van der Waals surface area contributed by atoms with Crippen LogP contribution in [0.4, 0.5) is 17.2 Å². The summed E-state index contributed by atoms with van der Waals surface area (Å²) in [5, 5.41) is 7.40. The number of hydrogen-bond donors (Lipinski definition) is 3. The lowest BCUT2D eigenvalue weighted by atomic mass is 9.89. The van der Waals surface area contributed by atoms with Crippen LogP contribution in [0.2, 0.25) is 0 Å². The first-order valence-electron chi connectivity index (χ1n) is 13.4. The molecule has 0 bridgehead atoms. The molecule has 0 saturated carbocycles. The van der Waals surface area contributed by atoms with Crippen molar-refractivity contribution in [2.75, 3.05) is 10.6 Å². The zero-order valence-corrected chi connectivity index (χ0v) is 21.7. The molecule has 0 saturated heterocycles. The Bertz CT molecular complexity index is 1260. The van der Waals surface area contributed by atoms with Crippen molar-refractivity contribution in [2.24, 2.45) is 0 Å². The highest BCUT2D eigenvalue weighted by atomic mass is 16.1. The largest absolute Gasteiger partial charge is 0.341 e. The van der Waals surface area contributed by atoms with Crippen LogP contribution >= 0.6 is 0 Å². The van der Waals surface area contributed by atoms with Crippen molar-refractivity contribution < 1.29 is 4.79 Å². The molecule has 0 aliphatic carbocycles. The molecule has 2 aromatic heterocycles. The van der Waals surface area contributed by atoms with Gasteiger partial charge in [0, 0.05) is 22.3 Å². The van der Waals surface area contributed by atoms with E-state index in [2.05, 4.69) is 48.5 Å². The summed E-state index contributed by atoms with van der Waals surface area (Å²) >= 11 is 0. The van der Waals surface area contributed by atoms with Gasteiger partial charge in [0.15, 0.2) is 0 Å². The number of benzene rings is 2. The van der Waals surface area contributed by atoms with Crippen LogP contribution in [0.15, 0.2) is 66.7 Å². The van der Waals surface area contributed by atoms with Gasteiger partial charge in [-0.1, -0.05) is 76.8 Å². The van der Waals surface area contributed by atoms with E-state index in [0.717, 1.165) is 40.3 Å². The number of carbonyl (C=O) groups is 1. The van der Waals surface area contributed by atoms with Crippen molar-refractivity contribution in [2.45, 2.75) is 71.6 Å². The average molecular weight is 483 g/mol. The standard InChI is InChI=1S/C31H38N4O/c1-4-7-9-13-22(12-5-2)23-16-18-24(19-17-23)31(36)35-29-26-20-21-28(32-25-14-10-8-11-15-25)34-30(26)33-27(29)6-3/h8,10-11,14-22H,4-7,9,12-13H2,1-3H3,(H,35,36)(H2,32,33,34). The number of para-hydroxylation sites is 1. The van der Waals surface area contributed by atoms with Crippen LogP contribution in [0.3, 0.4) is 0 Å². The minimum atomic E-state index is -0.0957. The summed E-state index contributed by atoms with van der Waals surface area (Å²) in [6, 6.07) is 22.1. The smallest absolute Gasteiger partial charge is 0.255 e. The number of amides is 1. The molecule has 0 aliphatic heterocycles. The molecule has 1 unspecified atom stereocenters. The topological polar surface area (TPSA) is 69.8 Å². The van der Waals surface area contributed by atoms with E-state index >= 15 is 0 Å². The van der Waals surface area contributed by atoms with E-state index in [9.17, 15) is 4.79 Å². The number of pyridine rings is 1. The Morgan fingerprint density at radius 3 is 2.36 bits per heavy atom. The quantitative estimate of drug-likeness (QED) is 0.177. The van der Waals surface area contributed by atoms with E-state index in [-0.39, 0.29) is 5.91 Å². The Balaban J connectivity index is 1.50. The first-order chi connectivity index (χ1) is 17.6. The fourth-order valence-corrected chi connectivity index (χ4v) is 4.83. The van der Waals surface area contributed by atoms with Gasteiger partial charge in [0.05, 0.1) is 5.69 Å². The molecule has 1 atom stereocenters. The van der Waals surface area contributed by atoms with Gasteiger partial charge in [-0.05, 0) is 67.1 Å². The molecule has 36 heavy (non-hydrogen) atoms. The highest BCUT2D eigenvalue weighted by Gasteiger charge is 2.17. The first kappa shape index (κ1) is 25.5. The van der Waals surface area contributed by atoms with Gasteiger partial charge in [-0.15, -0.1) is 0 Å². The number of aromatic amines is 1. The van der Waals surface area contributed by atoms with Crippen molar-refractivity contribution in [1.82, 2.24) is 9.97 Å². The molecule has 2 aromatic carbocycles. The number of hydrogen-bond acceptors (Lipinski definition) is 3. The van der Waals surface area contributed by atoms with Crippen LogP contribution in [-0.2, 0) is 6.42 Å². The molecule has 5 nitrogen and oxygen atoms in total. The van der Waals surface area contributed by atoms with Crippen LogP contribution in [0.25, 0.3) is 11.0 Å². The molecule has 0 fully saturated rings. The van der Waals surface area contributed by atoms with E-state index in [1.54, 1.807) is 0 Å². The predicted molar refractivity (Wildman–Crippen MR) is 151 cm³/mol. The first-order valence-corrected chi connectivity index (χ1v) is 13.4. The third-order valence-electron chi connectivity index (χ3n) is 6.81. The maximum Gasteiger partial charge on any atom is 0.255 e. The maximum absolute atomic E-state index is 13.2. The average Bonchev–Trinajstić information content (AvgIpc) is 3.25. The van der Waals surface area contributed by atoms with Gasteiger partial charge in [0.2, 0.25) is 0 Å². The van der Waals surface area contributed by atoms with Gasteiger partial charge in [-0.2, -0.15) is 0 Å². The van der Waals surface area contributed by atoms with Crippen LogP contribution in [-0.4, -0.2) is 15.9 Å². The van der Waals surface area contributed by atoms with Crippen molar-refractivity contribution in [3.05, 3.63) is 83.6 Å². The number of carbonyl (C=O) groups excluding carboxylic acids is 1. The molecule has 3 N–H and O–H groups in total. The summed E-state index contributed by atoms with van der Waals surface area (Å²) in [4.78, 5) is 21.3. The van der Waals surface area contributed by atoms with Crippen molar-refractivity contribution in [3.63, 3.8) is 0 Å². The van der Waals surface area contributed by atoms with E-state index in [0.29, 0.717) is 11.5 Å². The van der Waals surface area contributed by atoms with E-state index < -0.39 is 0 Å². The van der Waals surface area contributed by atoms with Gasteiger partial charge in [0.25, 0.3) is 5.91 Å². The van der Waals surface area contributed by atoms with E-state index in [4.69, 9.17) is 4.98 Å². The third kappa shape index (κ3) is 6.14. The molecule has 4 aromatic rings. The van der Waals surface area contributed by atoms with Crippen LogP contribution in [0.1, 0.15) is 86.8 Å². The molecular formula is C31H38N4O. The number of anilines is 3. The molecule has 5 heteroatoms. The van der Waals surface area contributed by atoms with Crippen LogP contribution in [0, 0.1) is 0 Å². The predicted octanol–water partition coefficient (Wildman–Crippen LogP) is 8.59. The number of aryl methyl sites for hydroxylation is 1. The Labute approximate surface area is 214 Å². The molecule has 0 radical (unpaired) electrons. The van der Waals surface area contributed by atoms with E-state index in [1.807, 2.05) is 54.6 Å². The molecule has 0 spiro atoms. The lowest BCUT2D eigenvalue weighted by Gasteiger charge is -2.17. The number of H-pyrrole nitrogens is 1. The Morgan fingerprint density at radius 1 is 0.889 bits per heavy atom. The molecule has 188 valence electrons. The lowest BCUT2D eigenvalue weighted by Crippen LogP contribution is -2.13. The summed E-state index contributed by atoms with van der Waals surface area (Å²) < 4.78 is 0. The van der Waals surface area contributed by atoms with Crippen molar-refractivity contribution >= 4 is 34.1 Å². The van der Waals surface area contributed by atoms with Gasteiger partial charge >= 0.3 is 0 Å². The number of fused-ring (bicyclic) bond motifs is 1. The van der Waals surface area contributed by atoms with Crippen molar-refractivity contribution in [1.29, 1.82) is 0 Å². The molecule has 4 rings (SSSR count). The zero-order valence-electron chi connectivity index (χ0n) is 21.7. The minimum Gasteiger partial charge on any atom is -0.341 e. The second-order valence-electron chi connectivity index (χ2n) is 9.47. The Kier molecular flexibility index (Phi) is 8.77. The summed E-state index contributed by atoms with van der Waals surface area (Å²) in [7, 11) is 0. The number of nitrogens with one attached hydrogen (secondary N) is 3. The molecular weight excluding hydrogens is 444 g/mol. The van der Waals surface area contributed by atoms with Crippen LogP contribution in [0.5, 0.6) is 0 Å². The Morgan fingerprint density at radius 2 is 1.67 bits per heavy atom. The molecule has 0 aliphatic rings. The van der Waals surface area contributed by atoms with Crippen molar-refractivity contribution in [3.8, 4) is 0 Å². The zero-order chi connectivity index (χ0) is 25.3. The van der Waals surface area contributed by atoms with Crippen LogP contribution < -0.4 is 10.6 Å². The highest BCUT2D eigenvalue weighted by Crippen LogP contribution is 2.31. The summed E-state index contributed by atoms with van der Waals surface area (Å²) in [5.41, 5.74) is 5.54. The summed E-state index contributed by atoms with van der Waals surface area (Å²) in [6.45, 7) is 6.57. The third-order valence-corrected chi connectivity index (χ3v) is 6.81. The number of nitrogens with zero attached hydrogens (tertiary/aromatic N) is 1. The van der Waals surface area contributed by atoms with Gasteiger partial charge in [0.1, 0.15) is 11.5 Å². The lowest BCUT2D eigenvalue weighted by molar-refractivity contribution is 0.102. The number of aromatic nitrogens is 2. The van der Waals surface area contributed by atoms with Gasteiger partial charge in [-0.3, -0.25) is 4.79 Å². The molecule has 2 heterocycles. The molecule has 1 amide bonds. The van der Waals surface area contributed by atoms with E-state index in [1.165, 1.54) is 44.1 Å². The fraction of sp³-hybridized carbons (Fsp3) is 0.355. The summed E-state index contributed by atoms with van der Waals surface area (Å²) in [6.07, 6.45) is 8.14. The van der Waals surface area contributed by atoms with Gasteiger partial charge in [-0.25, -0.2) is 4.98 Å². The normalized spacial score (nSPS) is 12.0. The maximum atomic E-state index is 13.2. The minimum absolute atomic E-state index is 0.0957. The number of rotatable bonds is 12. The number of unbranched alkanes of at least 4 members (excludes halogenated alkanes) is 2. The second-order valence-corrected chi connectivity index (χ2v) is 9.47. The fourth-order valence-electron chi connectivity index (χ4n) is 4.83. The second kappa shape index (κ2) is 12.4. The SMILES string of the molecule is CCCCCC(CCC)c1ccc(C(=O)Nc2c(CC)[nH]c3nc(Nc4ccccc4)ccc23)cc1. The summed E-state index contributed by atoms with van der Waals surface area (Å²) in [5.74, 6) is 1.23. The van der Waals surface area contributed by atoms with Gasteiger partial charge < -0.3 is 15.6 Å². The highest BCUT2D eigenvalue weighted by molar-refractivity contribution is 6.09.